The minimum atomic E-state index is -0.0901. The van der Waals surface area contributed by atoms with Gasteiger partial charge in [-0.15, -0.1) is 0 Å². The zero-order valence-electron chi connectivity index (χ0n) is 13.2. The standard InChI is InChI=1S/C18H17NO3S2/c1-2-9-21-14-7-5-13(6-8-14)11-16-17(20)19(18(23)24-16)12-15-4-3-10-22-15/h3-8,10-11H,2,9,12H2,1H3/b16-11+. The molecule has 6 heteroatoms. The van der Waals surface area contributed by atoms with Crippen molar-refractivity contribution in [3.63, 3.8) is 0 Å². The number of carbonyl (C=O) groups excluding carboxylic acids is 1. The summed E-state index contributed by atoms with van der Waals surface area (Å²) in [7, 11) is 0. The van der Waals surface area contributed by atoms with E-state index in [-0.39, 0.29) is 5.91 Å². The molecule has 0 N–H and O–H groups in total. The van der Waals surface area contributed by atoms with Crippen LogP contribution in [0.3, 0.4) is 0 Å². The van der Waals surface area contributed by atoms with Gasteiger partial charge in [0.1, 0.15) is 15.8 Å². The third kappa shape index (κ3) is 3.88. The quantitative estimate of drug-likeness (QED) is 0.562. The topological polar surface area (TPSA) is 42.7 Å². The molecule has 1 saturated heterocycles. The van der Waals surface area contributed by atoms with E-state index in [0.29, 0.717) is 28.1 Å². The van der Waals surface area contributed by atoms with E-state index >= 15 is 0 Å². The Morgan fingerprint density at radius 3 is 2.75 bits per heavy atom. The number of thiocarbonyl (C=S) groups is 1. The number of rotatable bonds is 6. The van der Waals surface area contributed by atoms with Crippen molar-refractivity contribution < 1.29 is 13.9 Å². The first-order chi connectivity index (χ1) is 11.7. The number of carbonyl (C=O) groups is 1. The summed E-state index contributed by atoms with van der Waals surface area (Å²) in [6.45, 7) is 3.13. The van der Waals surface area contributed by atoms with Crippen LogP contribution in [-0.2, 0) is 11.3 Å². The Kier molecular flexibility index (Phi) is 5.37. The summed E-state index contributed by atoms with van der Waals surface area (Å²) in [5.74, 6) is 1.46. The van der Waals surface area contributed by atoms with Crippen LogP contribution >= 0.6 is 24.0 Å². The molecule has 1 aliphatic rings. The molecule has 0 unspecified atom stereocenters. The first-order valence-electron chi connectivity index (χ1n) is 7.68. The molecular weight excluding hydrogens is 342 g/mol. The van der Waals surface area contributed by atoms with Gasteiger partial charge in [-0.1, -0.05) is 43.0 Å². The molecule has 0 bridgehead atoms. The number of ether oxygens (including phenoxy) is 1. The van der Waals surface area contributed by atoms with Crippen molar-refractivity contribution in [1.29, 1.82) is 0 Å². The molecular formula is C18H17NO3S2. The number of nitrogens with zero attached hydrogens (tertiary/aromatic N) is 1. The minimum Gasteiger partial charge on any atom is -0.494 e. The molecule has 2 heterocycles. The Hall–Kier alpha value is -2.05. The maximum absolute atomic E-state index is 12.5. The summed E-state index contributed by atoms with van der Waals surface area (Å²) in [4.78, 5) is 14.7. The van der Waals surface area contributed by atoms with Gasteiger partial charge in [-0.05, 0) is 42.3 Å². The summed E-state index contributed by atoms with van der Waals surface area (Å²) >= 11 is 6.63. The lowest BCUT2D eigenvalue weighted by Gasteiger charge is -2.11. The molecule has 0 saturated carbocycles. The Labute approximate surface area is 150 Å². The van der Waals surface area contributed by atoms with Crippen molar-refractivity contribution in [2.24, 2.45) is 0 Å². The van der Waals surface area contributed by atoms with E-state index in [1.807, 2.05) is 36.4 Å². The van der Waals surface area contributed by atoms with E-state index in [0.717, 1.165) is 17.7 Å². The predicted molar refractivity (Wildman–Crippen MR) is 99.7 cm³/mol. The van der Waals surface area contributed by atoms with E-state index in [1.165, 1.54) is 11.8 Å². The smallest absolute Gasteiger partial charge is 0.266 e. The largest absolute Gasteiger partial charge is 0.494 e. The second-order valence-electron chi connectivity index (χ2n) is 5.26. The van der Waals surface area contributed by atoms with Gasteiger partial charge in [-0.3, -0.25) is 9.69 Å². The number of benzene rings is 1. The highest BCUT2D eigenvalue weighted by Gasteiger charge is 2.32. The molecule has 0 aliphatic carbocycles. The molecule has 0 radical (unpaired) electrons. The summed E-state index contributed by atoms with van der Waals surface area (Å²) < 4.78 is 11.4. The highest BCUT2D eigenvalue weighted by molar-refractivity contribution is 8.26. The number of hydrogen-bond acceptors (Lipinski definition) is 5. The number of amides is 1. The van der Waals surface area contributed by atoms with Gasteiger partial charge < -0.3 is 9.15 Å². The van der Waals surface area contributed by atoms with Crippen LogP contribution < -0.4 is 4.74 Å². The highest BCUT2D eigenvalue weighted by atomic mass is 32.2. The molecule has 1 aromatic heterocycles. The Bertz CT molecular complexity index is 751. The fourth-order valence-corrected chi connectivity index (χ4v) is 3.48. The molecule has 3 rings (SSSR count). The fraction of sp³-hybridized carbons (Fsp3) is 0.222. The molecule has 2 aromatic rings. The molecule has 124 valence electrons. The SMILES string of the molecule is CCCOc1ccc(/C=C2/SC(=S)N(Cc3ccco3)C2=O)cc1. The van der Waals surface area contributed by atoms with Crippen LogP contribution in [0.25, 0.3) is 6.08 Å². The normalized spacial score (nSPS) is 16.2. The van der Waals surface area contributed by atoms with Gasteiger partial charge in [0.25, 0.3) is 5.91 Å². The lowest BCUT2D eigenvalue weighted by Crippen LogP contribution is -2.27. The van der Waals surface area contributed by atoms with Crippen LogP contribution in [0.5, 0.6) is 5.75 Å². The molecule has 0 atom stereocenters. The van der Waals surface area contributed by atoms with Gasteiger partial charge >= 0.3 is 0 Å². The second kappa shape index (κ2) is 7.68. The third-order valence-corrected chi connectivity index (χ3v) is 4.80. The van der Waals surface area contributed by atoms with Gasteiger partial charge in [0, 0.05) is 0 Å². The van der Waals surface area contributed by atoms with E-state index in [9.17, 15) is 4.79 Å². The van der Waals surface area contributed by atoms with Crippen LogP contribution in [0.4, 0.5) is 0 Å². The molecule has 1 aromatic carbocycles. The number of furan rings is 1. The number of hydrogen-bond donors (Lipinski definition) is 0. The van der Waals surface area contributed by atoms with Crippen LogP contribution in [0, 0.1) is 0 Å². The minimum absolute atomic E-state index is 0.0901. The van der Waals surface area contributed by atoms with E-state index in [2.05, 4.69) is 6.92 Å². The first kappa shape index (κ1) is 16.8. The van der Waals surface area contributed by atoms with E-state index < -0.39 is 0 Å². The van der Waals surface area contributed by atoms with Crippen molar-refractivity contribution in [1.82, 2.24) is 4.90 Å². The zero-order chi connectivity index (χ0) is 16.9. The summed E-state index contributed by atoms with van der Waals surface area (Å²) in [6.07, 6.45) is 4.41. The average molecular weight is 359 g/mol. The molecule has 1 amide bonds. The second-order valence-corrected chi connectivity index (χ2v) is 6.94. The van der Waals surface area contributed by atoms with Crippen LogP contribution in [-0.4, -0.2) is 21.7 Å². The predicted octanol–water partition coefficient (Wildman–Crippen LogP) is 4.47. The molecule has 1 fully saturated rings. The summed E-state index contributed by atoms with van der Waals surface area (Å²) in [5.41, 5.74) is 0.942. The van der Waals surface area contributed by atoms with Crippen molar-refractivity contribution in [2.45, 2.75) is 19.9 Å². The highest BCUT2D eigenvalue weighted by Crippen LogP contribution is 2.33. The molecule has 4 nitrogen and oxygen atoms in total. The first-order valence-corrected chi connectivity index (χ1v) is 8.90. The van der Waals surface area contributed by atoms with Gasteiger partial charge in [-0.25, -0.2) is 0 Å². The van der Waals surface area contributed by atoms with Gasteiger partial charge in [0.15, 0.2) is 0 Å². The zero-order valence-corrected chi connectivity index (χ0v) is 14.9. The van der Waals surface area contributed by atoms with Crippen LogP contribution in [0.15, 0.2) is 52.0 Å². The van der Waals surface area contributed by atoms with Crippen LogP contribution in [0.1, 0.15) is 24.7 Å². The third-order valence-electron chi connectivity index (χ3n) is 3.42. The average Bonchev–Trinajstić information content (AvgIpc) is 3.19. The lowest BCUT2D eigenvalue weighted by molar-refractivity contribution is -0.122. The molecule has 1 aliphatic heterocycles. The Balaban J connectivity index is 1.71. The van der Waals surface area contributed by atoms with Crippen molar-refractivity contribution >= 4 is 40.3 Å². The van der Waals surface area contributed by atoms with Crippen LogP contribution in [0.2, 0.25) is 0 Å². The summed E-state index contributed by atoms with van der Waals surface area (Å²) in [5, 5.41) is 0. The van der Waals surface area contributed by atoms with Crippen molar-refractivity contribution in [3.8, 4) is 5.75 Å². The van der Waals surface area contributed by atoms with E-state index in [1.54, 1.807) is 17.2 Å². The maximum atomic E-state index is 12.5. The molecule has 24 heavy (non-hydrogen) atoms. The lowest BCUT2D eigenvalue weighted by atomic mass is 10.2. The molecule has 0 spiro atoms. The van der Waals surface area contributed by atoms with E-state index in [4.69, 9.17) is 21.4 Å². The monoisotopic (exact) mass is 359 g/mol. The summed E-state index contributed by atoms with van der Waals surface area (Å²) in [6, 6.07) is 11.3. The maximum Gasteiger partial charge on any atom is 0.266 e. The van der Waals surface area contributed by atoms with Gasteiger partial charge in [0.05, 0.1) is 24.3 Å². The number of thioether (sulfide) groups is 1. The van der Waals surface area contributed by atoms with Gasteiger partial charge in [-0.2, -0.15) is 0 Å². The fourth-order valence-electron chi connectivity index (χ4n) is 2.23. The van der Waals surface area contributed by atoms with Gasteiger partial charge in [0.2, 0.25) is 0 Å². The van der Waals surface area contributed by atoms with Crippen molar-refractivity contribution in [2.75, 3.05) is 6.61 Å². The Morgan fingerprint density at radius 2 is 2.08 bits per heavy atom. The van der Waals surface area contributed by atoms with Crippen molar-refractivity contribution in [3.05, 3.63) is 58.9 Å². The Morgan fingerprint density at radius 1 is 1.29 bits per heavy atom.